The van der Waals surface area contributed by atoms with Gasteiger partial charge in [0.1, 0.15) is 12.1 Å². The minimum Gasteiger partial charge on any atom is -0.472 e. The SMILES string of the molecule is Fc1ccc2c(c1)CCN1C=COC21. The fourth-order valence-corrected chi connectivity index (χ4v) is 2.07. The second kappa shape index (κ2) is 2.74. The van der Waals surface area contributed by atoms with Crippen LogP contribution in [-0.4, -0.2) is 11.4 Å². The van der Waals surface area contributed by atoms with Crippen molar-refractivity contribution in [3.8, 4) is 0 Å². The molecule has 1 aromatic carbocycles. The first-order valence-corrected chi connectivity index (χ1v) is 4.71. The Morgan fingerprint density at radius 1 is 1.43 bits per heavy atom. The Kier molecular flexibility index (Phi) is 1.54. The Morgan fingerprint density at radius 2 is 2.36 bits per heavy atom. The first-order chi connectivity index (χ1) is 6.84. The molecule has 2 aliphatic rings. The molecule has 3 heteroatoms. The first-order valence-electron chi connectivity index (χ1n) is 4.71. The van der Waals surface area contributed by atoms with Gasteiger partial charge in [-0.2, -0.15) is 0 Å². The van der Waals surface area contributed by atoms with Crippen LogP contribution in [0.25, 0.3) is 0 Å². The molecule has 1 atom stereocenters. The predicted molar refractivity (Wildman–Crippen MR) is 49.8 cm³/mol. The van der Waals surface area contributed by atoms with E-state index in [1.54, 1.807) is 12.3 Å². The van der Waals surface area contributed by atoms with E-state index in [-0.39, 0.29) is 12.0 Å². The van der Waals surface area contributed by atoms with Gasteiger partial charge in [-0.1, -0.05) is 6.07 Å². The second-order valence-electron chi connectivity index (χ2n) is 3.60. The molecule has 0 saturated carbocycles. The number of halogens is 1. The van der Waals surface area contributed by atoms with E-state index in [0.29, 0.717) is 0 Å². The van der Waals surface area contributed by atoms with Gasteiger partial charge in [-0.05, 0) is 24.1 Å². The molecule has 0 spiro atoms. The third-order valence-electron chi connectivity index (χ3n) is 2.77. The number of rotatable bonds is 0. The van der Waals surface area contributed by atoms with Gasteiger partial charge in [-0.3, -0.25) is 0 Å². The zero-order valence-electron chi connectivity index (χ0n) is 7.61. The molecule has 0 aromatic heterocycles. The summed E-state index contributed by atoms with van der Waals surface area (Å²) >= 11 is 0. The summed E-state index contributed by atoms with van der Waals surface area (Å²) in [6, 6.07) is 4.91. The van der Waals surface area contributed by atoms with Crippen molar-refractivity contribution in [1.82, 2.24) is 4.90 Å². The van der Waals surface area contributed by atoms with Gasteiger partial charge in [-0.25, -0.2) is 4.39 Å². The molecule has 2 aliphatic heterocycles. The van der Waals surface area contributed by atoms with Gasteiger partial charge in [0.2, 0.25) is 0 Å². The van der Waals surface area contributed by atoms with E-state index in [9.17, 15) is 4.39 Å². The van der Waals surface area contributed by atoms with Crippen molar-refractivity contribution < 1.29 is 9.13 Å². The van der Waals surface area contributed by atoms with E-state index < -0.39 is 0 Å². The Bertz CT molecular complexity index is 402. The van der Waals surface area contributed by atoms with Crippen LogP contribution in [0.1, 0.15) is 17.4 Å². The van der Waals surface area contributed by atoms with Crippen molar-refractivity contribution in [2.45, 2.75) is 12.6 Å². The van der Waals surface area contributed by atoms with E-state index in [1.807, 2.05) is 12.3 Å². The molecule has 14 heavy (non-hydrogen) atoms. The number of hydrogen-bond acceptors (Lipinski definition) is 2. The highest BCUT2D eigenvalue weighted by Gasteiger charge is 2.28. The van der Waals surface area contributed by atoms with Crippen LogP contribution in [0.3, 0.4) is 0 Å². The molecule has 0 fully saturated rings. The van der Waals surface area contributed by atoms with Crippen LogP contribution in [0, 0.1) is 5.82 Å². The molecule has 0 radical (unpaired) electrons. The van der Waals surface area contributed by atoms with Crippen LogP contribution < -0.4 is 0 Å². The van der Waals surface area contributed by atoms with E-state index in [0.717, 1.165) is 24.1 Å². The summed E-state index contributed by atoms with van der Waals surface area (Å²) in [6.07, 6.45) is 4.50. The van der Waals surface area contributed by atoms with E-state index in [2.05, 4.69) is 4.90 Å². The summed E-state index contributed by atoms with van der Waals surface area (Å²) < 4.78 is 18.4. The van der Waals surface area contributed by atoms with Crippen LogP contribution in [0.4, 0.5) is 4.39 Å². The average Bonchev–Trinajstić information content (AvgIpc) is 2.65. The number of hydrogen-bond donors (Lipinski definition) is 0. The molecule has 0 bridgehead atoms. The van der Waals surface area contributed by atoms with Crippen LogP contribution >= 0.6 is 0 Å². The van der Waals surface area contributed by atoms with Crippen molar-refractivity contribution in [3.05, 3.63) is 47.6 Å². The highest BCUT2D eigenvalue weighted by atomic mass is 19.1. The minimum absolute atomic E-state index is 0.0284. The normalized spacial score (nSPS) is 22.9. The van der Waals surface area contributed by atoms with Gasteiger partial charge in [0.05, 0.1) is 0 Å². The quantitative estimate of drug-likeness (QED) is 0.623. The zero-order valence-corrected chi connectivity index (χ0v) is 7.61. The summed E-state index contributed by atoms with van der Waals surface area (Å²) in [7, 11) is 0. The average molecular weight is 191 g/mol. The first kappa shape index (κ1) is 7.85. The topological polar surface area (TPSA) is 12.5 Å². The summed E-state index contributed by atoms with van der Waals surface area (Å²) in [5, 5.41) is 0. The van der Waals surface area contributed by atoms with Crippen molar-refractivity contribution in [1.29, 1.82) is 0 Å². The lowest BCUT2D eigenvalue weighted by molar-refractivity contribution is 0.0488. The Hall–Kier alpha value is -1.51. The summed E-state index contributed by atoms with van der Waals surface area (Å²) in [6.45, 7) is 0.900. The van der Waals surface area contributed by atoms with Gasteiger partial charge in [-0.15, -0.1) is 0 Å². The van der Waals surface area contributed by atoms with Gasteiger partial charge < -0.3 is 9.64 Å². The van der Waals surface area contributed by atoms with Crippen molar-refractivity contribution in [3.63, 3.8) is 0 Å². The molecular weight excluding hydrogens is 181 g/mol. The molecule has 3 rings (SSSR count). The molecule has 1 aromatic rings. The Morgan fingerprint density at radius 3 is 3.29 bits per heavy atom. The van der Waals surface area contributed by atoms with Crippen molar-refractivity contribution in [2.24, 2.45) is 0 Å². The molecule has 2 nitrogen and oxygen atoms in total. The Labute approximate surface area is 81.6 Å². The van der Waals surface area contributed by atoms with Crippen LogP contribution in [0.5, 0.6) is 0 Å². The smallest absolute Gasteiger partial charge is 0.197 e. The molecule has 2 heterocycles. The Balaban J connectivity index is 2.07. The third-order valence-corrected chi connectivity index (χ3v) is 2.77. The molecule has 0 saturated heterocycles. The maximum Gasteiger partial charge on any atom is 0.197 e. The third kappa shape index (κ3) is 1.02. The van der Waals surface area contributed by atoms with Gasteiger partial charge >= 0.3 is 0 Å². The zero-order chi connectivity index (χ0) is 9.54. The monoisotopic (exact) mass is 191 g/mol. The van der Waals surface area contributed by atoms with Crippen molar-refractivity contribution in [2.75, 3.05) is 6.54 Å². The maximum absolute atomic E-state index is 13.0. The second-order valence-corrected chi connectivity index (χ2v) is 3.60. The minimum atomic E-state index is -0.164. The van der Waals surface area contributed by atoms with Gasteiger partial charge in [0.25, 0.3) is 0 Å². The predicted octanol–water partition coefficient (Wildman–Crippen LogP) is 2.18. The highest BCUT2D eigenvalue weighted by Crippen LogP contribution is 2.34. The van der Waals surface area contributed by atoms with Crippen LogP contribution in [0.2, 0.25) is 0 Å². The summed E-state index contributed by atoms with van der Waals surface area (Å²) in [4.78, 5) is 2.13. The highest BCUT2D eigenvalue weighted by molar-refractivity contribution is 5.33. The molecular formula is C11H10FNO. The lowest BCUT2D eigenvalue weighted by atomic mass is 9.98. The summed E-state index contributed by atoms with van der Waals surface area (Å²) in [5.74, 6) is -0.164. The van der Waals surface area contributed by atoms with Crippen LogP contribution in [-0.2, 0) is 11.2 Å². The largest absolute Gasteiger partial charge is 0.472 e. The standard InChI is InChI=1S/C11H10FNO/c12-9-1-2-10-8(7-9)3-4-13-5-6-14-11(10)13/h1-2,5-7,11H,3-4H2. The molecule has 0 N–H and O–H groups in total. The van der Waals surface area contributed by atoms with Gasteiger partial charge in [0.15, 0.2) is 6.23 Å². The van der Waals surface area contributed by atoms with Crippen molar-refractivity contribution >= 4 is 0 Å². The molecule has 0 amide bonds. The van der Waals surface area contributed by atoms with E-state index >= 15 is 0 Å². The number of nitrogens with zero attached hydrogens (tertiary/aromatic N) is 1. The molecule has 0 aliphatic carbocycles. The number of ether oxygens (including phenoxy) is 1. The van der Waals surface area contributed by atoms with E-state index in [1.165, 1.54) is 6.07 Å². The van der Waals surface area contributed by atoms with Gasteiger partial charge in [0, 0.05) is 18.3 Å². The maximum atomic E-state index is 13.0. The number of benzene rings is 1. The molecule has 72 valence electrons. The van der Waals surface area contributed by atoms with E-state index in [4.69, 9.17) is 4.74 Å². The molecule has 1 unspecified atom stereocenters. The van der Waals surface area contributed by atoms with Crippen LogP contribution in [0.15, 0.2) is 30.7 Å². The fraction of sp³-hybridized carbons (Fsp3) is 0.273. The number of fused-ring (bicyclic) bond motifs is 3. The summed E-state index contributed by atoms with van der Waals surface area (Å²) in [5.41, 5.74) is 2.15. The lowest BCUT2D eigenvalue weighted by Crippen LogP contribution is -2.29. The fourth-order valence-electron chi connectivity index (χ4n) is 2.07. The lowest BCUT2D eigenvalue weighted by Gasteiger charge is -2.30.